The molecule has 2 saturated carbocycles. The molecule has 3 aromatic rings. The summed E-state index contributed by atoms with van der Waals surface area (Å²) < 4.78 is 55.0. The highest BCUT2D eigenvalue weighted by Gasteiger charge is 2.34. The van der Waals surface area contributed by atoms with Gasteiger partial charge in [0.25, 0.3) is 0 Å². The van der Waals surface area contributed by atoms with Gasteiger partial charge < -0.3 is 5.32 Å². The first-order chi connectivity index (χ1) is 17.3. The highest BCUT2D eigenvalue weighted by atomic mass is 32.2. The summed E-state index contributed by atoms with van der Waals surface area (Å²) >= 11 is 0. The van der Waals surface area contributed by atoms with Crippen molar-refractivity contribution in [2.45, 2.75) is 89.1 Å². The predicted octanol–water partition coefficient (Wildman–Crippen LogP) is 5.14. The lowest BCUT2D eigenvalue weighted by Gasteiger charge is -2.20. The summed E-state index contributed by atoms with van der Waals surface area (Å²) in [4.78, 5) is 3.79. The molecule has 0 spiro atoms. The van der Waals surface area contributed by atoms with Gasteiger partial charge >= 0.3 is 0 Å². The minimum atomic E-state index is -4.12. The van der Waals surface area contributed by atoms with Gasteiger partial charge in [0, 0.05) is 18.3 Å². The van der Waals surface area contributed by atoms with E-state index in [1.165, 1.54) is 44.0 Å². The van der Waals surface area contributed by atoms with Crippen molar-refractivity contribution in [1.82, 2.24) is 10.3 Å². The molecule has 3 aliphatic rings. The Hall–Kier alpha value is -2.55. The smallest absolute Gasteiger partial charge is 0.225 e. The highest BCUT2D eigenvalue weighted by Crippen LogP contribution is 2.43. The normalized spacial score (nSPS) is 20.5. The van der Waals surface area contributed by atoms with Crippen molar-refractivity contribution in [2.24, 2.45) is 0 Å². The van der Waals surface area contributed by atoms with Gasteiger partial charge in [0.05, 0.1) is 14.7 Å². The fourth-order valence-electron chi connectivity index (χ4n) is 5.68. The molecule has 8 heteroatoms. The zero-order chi connectivity index (χ0) is 24.9. The number of nitrogens with one attached hydrogen (secondary N) is 1. The van der Waals surface area contributed by atoms with Crippen LogP contribution in [-0.4, -0.2) is 27.9 Å². The van der Waals surface area contributed by atoms with Crippen molar-refractivity contribution >= 4 is 19.7 Å². The highest BCUT2D eigenvalue weighted by molar-refractivity contribution is 7.94. The molecule has 1 heterocycles. The van der Waals surface area contributed by atoms with Crippen LogP contribution in [0, 0.1) is 0 Å². The lowest BCUT2D eigenvalue weighted by molar-refractivity contribution is 0.437. The molecule has 0 saturated heterocycles. The monoisotopic (exact) mass is 522 g/mol. The quantitative estimate of drug-likeness (QED) is 0.462. The van der Waals surface area contributed by atoms with Crippen molar-refractivity contribution in [3.8, 4) is 0 Å². The summed E-state index contributed by atoms with van der Waals surface area (Å²) in [5.74, 6) is 0.281. The molecule has 6 nitrogen and oxygen atoms in total. The third-order valence-corrected chi connectivity index (χ3v) is 11.5. The maximum atomic E-state index is 13.9. The molecule has 1 atom stereocenters. The van der Waals surface area contributed by atoms with E-state index < -0.39 is 19.7 Å². The van der Waals surface area contributed by atoms with Crippen LogP contribution in [0.1, 0.15) is 73.6 Å². The van der Waals surface area contributed by atoms with Gasteiger partial charge in [-0.25, -0.2) is 21.8 Å². The zero-order valence-electron chi connectivity index (χ0n) is 20.1. The molecule has 1 N–H and O–H groups in total. The molecule has 0 aliphatic heterocycles. The molecule has 1 unspecified atom stereocenters. The Balaban J connectivity index is 1.39. The van der Waals surface area contributed by atoms with Crippen molar-refractivity contribution in [3.05, 3.63) is 77.5 Å². The van der Waals surface area contributed by atoms with Crippen LogP contribution >= 0.6 is 0 Å². The van der Waals surface area contributed by atoms with Gasteiger partial charge in [-0.05, 0) is 97.5 Å². The zero-order valence-corrected chi connectivity index (χ0v) is 21.7. The molecule has 0 bridgehead atoms. The number of hydrogen-bond donors (Lipinski definition) is 1. The van der Waals surface area contributed by atoms with Crippen molar-refractivity contribution < 1.29 is 16.8 Å². The Bertz CT molecular complexity index is 1510. The molecular weight excluding hydrogens is 492 g/mol. The van der Waals surface area contributed by atoms with Gasteiger partial charge in [-0.15, -0.1) is 0 Å². The number of aromatic nitrogens is 1. The topological polar surface area (TPSA) is 93.2 Å². The molecule has 0 amide bonds. The third-order valence-electron chi connectivity index (χ3n) is 7.80. The van der Waals surface area contributed by atoms with E-state index >= 15 is 0 Å². The average Bonchev–Trinajstić information content (AvgIpc) is 3.48. The van der Waals surface area contributed by atoms with E-state index in [0.29, 0.717) is 6.04 Å². The van der Waals surface area contributed by atoms with Gasteiger partial charge in [0.15, 0.2) is 5.03 Å². The minimum Gasteiger partial charge on any atom is -0.307 e. The van der Waals surface area contributed by atoms with Gasteiger partial charge in [-0.2, -0.15) is 0 Å². The molecule has 3 aliphatic carbocycles. The summed E-state index contributed by atoms with van der Waals surface area (Å²) in [6.07, 6.45) is 10.0. The van der Waals surface area contributed by atoms with Gasteiger partial charge in [0.1, 0.15) is 0 Å². The lowest BCUT2D eigenvalue weighted by atomic mass is 10.1. The lowest BCUT2D eigenvalue weighted by Crippen LogP contribution is -2.29. The number of fused-ring (bicyclic) bond motifs is 1. The van der Waals surface area contributed by atoms with Gasteiger partial charge in [-0.3, -0.25) is 0 Å². The van der Waals surface area contributed by atoms with Gasteiger partial charge in [0.2, 0.25) is 19.7 Å². The summed E-state index contributed by atoms with van der Waals surface area (Å²) in [5.41, 5.74) is 3.04. The number of nitrogens with zero attached hydrogens (tertiary/aromatic N) is 1. The van der Waals surface area contributed by atoms with Crippen LogP contribution < -0.4 is 5.32 Å². The summed E-state index contributed by atoms with van der Waals surface area (Å²) in [5, 5.41) is 3.61. The van der Waals surface area contributed by atoms with Gasteiger partial charge in [-0.1, -0.05) is 31.0 Å². The van der Waals surface area contributed by atoms with E-state index in [9.17, 15) is 16.8 Å². The minimum absolute atomic E-state index is 0.138. The molecule has 1 aromatic heterocycles. The molecule has 36 heavy (non-hydrogen) atoms. The van der Waals surface area contributed by atoms with Crippen molar-refractivity contribution in [3.63, 3.8) is 0 Å². The molecule has 6 rings (SSSR count). The summed E-state index contributed by atoms with van der Waals surface area (Å²) in [6, 6.07) is 15.5. The van der Waals surface area contributed by atoms with E-state index in [2.05, 4.69) is 10.3 Å². The Morgan fingerprint density at radius 3 is 2.31 bits per heavy atom. The van der Waals surface area contributed by atoms with Crippen LogP contribution in [0.25, 0.3) is 0 Å². The van der Waals surface area contributed by atoms with Crippen LogP contribution in [0.15, 0.2) is 80.5 Å². The summed E-state index contributed by atoms with van der Waals surface area (Å²) in [7, 11) is -8.19. The fraction of sp³-hybridized carbons (Fsp3) is 0.393. The maximum absolute atomic E-state index is 13.9. The van der Waals surface area contributed by atoms with E-state index in [4.69, 9.17) is 0 Å². The SMILES string of the molecule is O=S(=O)(c1ccc2c(c1)CCC2NC1CCCC1)c1ccc(C2CC2)cc1S(=O)(=O)c1ccccn1. The van der Waals surface area contributed by atoms with Crippen LogP contribution in [0.2, 0.25) is 0 Å². The fourth-order valence-corrected chi connectivity index (χ4v) is 9.02. The molecule has 2 fully saturated rings. The maximum Gasteiger partial charge on any atom is 0.225 e. The number of sulfone groups is 2. The third kappa shape index (κ3) is 4.29. The van der Waals surface area contributed by atoms with Crippen molar-refractivity contribution in [2.75, 3.05) is 0 Å². The number of hydrogen-bond acceptors (Lipinski definition) is 6. The van der Waals surface area contributed by atoms with E-state index in [0.717, 1.165) is 42.4 Å². The number of benzene rings is 2. The van der Waals surface area contributed by atoms with E-state index in [-0.39, 0.29) is 31.7 Å². The van der Waals surface area contributed by atoms with E-state index in [1.807, 2.05) is 6.07 Å². The second-order valence-corrected chi connectivity index (χ2v) is 14.0. The Morgan fingerprint density at radius 1 is 0.778 bits per heavy atom. The van der Waals surface area contributed by atoms with Crippen molar-refractivity contribution in [1.29, 1.82) is 0 Å². The molecule has 2 aromatic carbocycles. The number of pyridine rings is 1. The second-order valence-electron chi connectivity index (χ2n) is 10.3. The first-order valence-corrected chi connectivity index (χ1v) is 15.7. The Kier molecular flexibility index (Phi) is 6.01. The molecule has 188 valence electrons. The van der Waals surface area contributed by atoms with Crippen LogP contribution in [-0.2, 0) is 26.1 Å². The average molecular weight is 523 g/mol. The molecular formula is C28H30N2O4S2. The Morgan fingerprint density at radius 2 is 1.58 bits per heavy atom. The standard InChI is InChI=1S/C28H30N2O4S2/c31-35(32,23-12-13-24-21(17-23)10-14-25(24)30-22-5-1-2-6-22)26-15-11-20(19-8-9-19)18-27(26)36(33,34)28-7-3-4-16-29-28/h3-4,7,11-13,15-19,22,25,30H,1-2,5-6,8-10,14H2. The first-order valence-electron chi connectivity index (χ1n) is 12.8. The van der Waals surface area contributed by atoms with E-state index in [1.54, 1.807) is 36.4 Å². The first kappa shape index (κ1) is 23.8. The van der Waals surface area contributed by atoms with Crippen LogP contribution in [0.4, 0.5) is 0 Å². The van der Waals surface area contributed by atoms with Crippen LogP contribution in [0.5, 0.6) is 0 Å². The number of rotatable bonds is 7. The predicted molar refractivity (Wildman–Crippen MR) is 136 cm³/mol. The Labute approximate surface area is 213 Å². The second kappa shape index (κ2) is 9.08. The number of aryl methyl sites for hydroxylation is 1. The summed E-state index contributed by atoms with van der Waals surface area (Å²) in [6.45, 7) is 0. The largest absolute Gasteiger partial charge is 0.307 e. The van der Waals surface area contributed by atoms with Crippen LogP contribution in [0.3, 0.4) is 0 Å². The molecule has 0 radical (unpaired) electrons.